The normalized spacial score (nSPS) is 19.6. The second-order valence-electron chi connectivity index (χ2n) is 20.4. The summed E-state index contributed by atoms with van der Waals surface area (Å²) in [4.78, 5) is 78.5. The number of rotatable bonds is 23. The quantitative estimate of drug-likeness (QED) is 0.0174. The zero-order chi connectivity index (χ0) is 60.3. The number of amides is 3. The minimum absolute atomic E-state index is 0.000267. The fraction of sp³-hybridized carbons (Fsp3) is 0.361. The molecular formula is C61H67N7O15S2. The van der Waals surface area contributed by atoms with Crippen LogP contribution < -0.4 is 30.9 Å². The average Bonchev–Trinajstić information content (AvgIpc) is 1.42. The molecule has 3 aliphatic rings. The highest BCUT2D eigenvalue weighted by molar-refractivity contribution is 8.76. The van der Waals surface area contributed by atoms with Crippen molar-refractivity contribution in [3.8, 4) is 28.5 Å². The fourth-order valence-electron chi connectivity index (χ4n) is 10.6. The smallest absolute Gasteiger partial charge is 0.421 e. The van der Waals surface area contributed by atoms with Gasteiger partial charge in [0.25, 0.3) is 5.91 Å². The number of aromatic hydroxyl groups is 2. The van der Waals surface area contributed by atoms with Crippen molar-refractivity contribution < 1.29 is 73.2 Å². The lowest BCUT2D eigenvalue weighted by Crippen LogP contribution is -2.55. The lowest BCUT2D eigenvalue weighted by Gasteiger charge is -2.41. The first kappa shape index (κ1) is 61.9. The number of phenols is 2. The highest BCUT2D eigenvalue weighted by atomic mass is 33.1. The molecule has 5 aromatic carbocycles. The first-order chi connectivity index (χ1) is 41.1. The van der Waals surface area contributed by atoms with Crippen molar-refractivity contribution in [2.75, 3.05) is 68.8 Å². The number of fused-ring (bicyclic) bond motifs is 3. The minimum Gasteiger partial charge on any atom is -0.507 e. The summed E-state index contributed by atoms with van der Waals surface area (Å²) in [6, 6.07) is 27.3. The number of carbonyl (C=O) groups is 5. The average molecular weight is 1200 g/mol. The standard InChI is InChI=1S/C61H67N7O15S2/c1-33-13-18-39(65-58(76)37-16-14-35(15-17-37)31-63-22-21-62-3)29-44(33)68(59-64-20-19-42(66-59)36-9-6-5-7-10-36)61(78)81-24-26-85-84-25-23-80-60(77)67-43-30-48(82-34(2)53(43)71)83-47-28-38(45(70)32-69)27-41-50(47)57(75)52-51(55(41)73)54(72)40-11-8-12-46(79-4)49(40)56(52)74/h5-20,29,34,38,43,47-48,53-54,62-63,69,71-73,75H,21-28,30-32H2,1-4H3,(H,65,76)(H,67,77)/t34?,38-,43?,47+,48?,53?,54?/m1/s1. The van der Waals surface area contributed by atoms with Crippen LogP contribution in [0.25, 0.3) is 11.3 Å². The molecule has 0 spiro atoms. The number of methoxy groups -OCH3 is 1. The molecule has 1 aliphatic heterocycles. The molecule has 9 N–H and O–H groups in total. The first-order valence-corrected chi connectivity index (χ1v) is 30.1. The van der Waals surface area contributed by atoms with E-state index in [9.17, 15) is 49.5 Å². The Balaban J connectivity index is 0.791. The van der Waals surface area contributed by atoms with Crippen LogP contribution in [0.5, 0.6) is 17.2 Å². The van der Waals surface area contributed by atoms with E-state index in [1.807, 2.05) is 56.4 Å². The summed E-state index contributed by atoms with van der Waals surface area (Å²) < 4.78 is 29.1. The number of phenolic OH excluding ortho intramolecular Hbond substituents is 2. The van der Waals surface area contributed by atoms with Gasteiger partial charge in [0.2, 0.25) is 11.7 Å². The van der Waals surface area contributed by atoms with Gasteiger partial charge in [-0.05, 0) is 81.3 Å². The number of aryl methyl sites for hydroxylation is 1. The topological polar surface area (TPSA) is 310 Å². The molecule has 22 nitrogen and oxygen atoms in total. The highest BCUT2D eigenvalue weighted by Crippen LogP contribution is 2.54. The fourth-order valence-corrected chi connectivity index (χ4v) is 12.2. The van der Waals surface area contributed by atoms with E-state index in [0.29, 0.717) is 46.2 Å². The maximum atomic E-state index is 14.2. The number of anilines is 3. The number of aromatic nitrogens is 2. The van der Waals surface area contributed by atoms with Gasteiger partial charge in [0.05, 0.1) is 47.9 Å². The van der Waals surface area contributed by atoms with Gasteiger partial charge in [-0.25, -0.2) is 24.5 Å². The van der Waals surface area contributed by atoms with Crippen LogP contribution in [-0.4, -0.2) is 148 Å². The van der Waals surface area contributed by atoms with Crippen molar-refractivity contribution in [1.29, 1.82) is 0 Å². The first-order valence-electron chi connectivity index (χ1n) is 27.6. The van der Waals surface area contributed by atoms with Gasteiger partial charge in [0.15, 0.2) is 12.1 Å². The maximum Gasteiger partial charge on any atom is 0.421 e. The zero-order valence-electron chi connectivity index (χ0n) is 47.1. The van der Waals surface area contributed by atoms with E-state index in [0.717, 1.165) is 24.2 Å². The minimum atomic E-state index is -1.56. The predicted molar refractivity (Wildman–Crippen MR) is 318 cm³/mol. The predicted octanol–water partition coefficient (Wildman–Crippen LogP) is 7.19. The van der Waals surface area contributed by atoms with Gasteiger partial charge in [-0.1, -0.05) is 82.3 Å². The molecule has 7 atom stereocenters. The molecule has 5 unspecified atom stereocenters. The summed E-state index contributed by atoms with van der Waals surface area (Å²) >= 11 is 0. The van der Waals surface area contributed by atoms with Crippen molar-refractivity contribution in [2.45, 2.75) is 76.4 Å². The van der Waals surface area contributed by atoms with Crippen LogP contribution in [0.1, 0.15) is 91.6 Å². The molecule has 0 radical (unpaired) electrons. The number of carbonyl (C=O) groups excluding carboxylic acids is 5. The Morgan fingerprint density at radius 1 is 0.859 bits per heavy atom. The molecule has 1 aromatic heterocycles. The molecule has 0 bridgehead atoms. The van der Waals surface area contributed by atoms with Gasteiger partial charge in [-0.3, -0.25) is 14.4 Å². The number of alkyl carbamates (subject to hydrolysis) is 1. The number of ketones is 2. The summed E-state index contributed by atoms with van der Waals surface area (Å²) in [5.74, 6) is -2.77. The molecule has 0 saturated carbocycles. The summed E-state index contributed by atoms with van der Waals surface area (Å²) in [5, 5.41) is 68.3. The molecule has 6 aromatic rings. The second kappa shape index (κ2) is 28.5. The van der Waals surface area contributed by atoms with E-state index in [1.165, 1.54) is 45.7 Å². The lowest BCUT2D eigenvalue weighted by atomic mass is 9.73. The third kappa shape index (κ3) is 14.2. The molecule has 448 valence electrons. The molecule has 1 fully saturated rings. The maximum absolute atomic E-state index is 14.2. The van der Waals surface area contributed by atoms with Gasteiger partial charge < -0.3 is 70.5 Å². The number of benzene rings is 5. The summed E-state index contributed by atoms with van der Waals surface area (Å²) in [5.41, 5.74) is 3.92. The van der Waals surface area contributed by atoms with E-state index >= 15 is 0 Å². The Kier molecular flexibility index (Phi) is 20.7. The van der Waals surface area contributed by atoms with Crippen LogP contribution in [0.2, 0.25) is 0 Å². The third-order valence-electron chi connectivity index (χ3n) is 14.9. The van der Waals surface area contributed by atoms with Gasteiger partial charge >= 0.3 is 12.2 Å². The number of hydrogen-bond acceptors (Lipinski definition) is 21. The molecule has 24 heteroatoms. The Bertz CT molecular complexity index is 3400. The van der Waals surface area contributed by atoms with E-state index < -0.39 is 84.5 Å². The lowest BCUT2D eigenvalue weighted by molar-refractivity contribution is -0.245. The van der Waals surface area contributed by atoms with Gasteiger partial charge in [0.1, 0.15) is 49.3 Å². The van der Waals surface area contributed by atoms with Gasteiger partial charge in [-0.15, -0.1) is 0 Å². The number of nitrogens with one attached hydrogen (secondary N) is 4. The molecule has 3 amide bonds. The molecular weight excluding hydrogens is 1130 g/mol. The summed E-state index contributed by atoms with van der Waals surface area (Å²) in [6.45, 7) is 4.79. The second-order valence-corrected chi connectivity index (χ2v) is 23.1. The Morgan fingerprint density at radius 3 is 2.34 bits per heavy atom. The monoisotopic (exact) mass is 1200 g/mol. The number of likely N-dealkylation sites (N-methyl/N-ethyl adjacent to an activating group) is 1. The van der Waals surface area contributed by atoms with Crippen LogP contribution in [0.3, 0.4) is 0 Å². The summed E-state index contributed by atoms with van der Waals surface area (Å²) in [7, 11) is 5.98. The number of hydrogen-bond donors (Lipinski definition) is 9. The van der Waals surface area contributed by atoms with E-state index in [4.69, 9.17) is 28.7 Å². The Labute approximate surface area is 498 Å². The highest BCUT2D eigenvalue weighted by Gasteiger charge is 2.46. The Hall–Kier alpha value is -7.65. The molecule has 85 heavy (non-hydrogen) atoms. The van der Waals surface area contributed by atoms with Crippen LogP contribution in [0.4, 0.5) is 26.9 Å². The van der Waals surface area contributed by atoms with E-state index in [2.05, 4.69) is 26.3 Å². The van der Waals surface area contributed by atoms with Crippen molar-refractivity contribution in [1.82, 2.24) is 25.9 Å². The number of aliphatic hydroxyl groups is 3. The molecule has 2 heterocycles. The molecule has 2 aliphatic carbocycles. The van der Waals surface area contributed by atoms with Gasteiger partial charge in [0, 0.05) is 88.7 Å². The third-order valence-corrected chi connectivity index (χ3v) is 17.2. The summed E-state index contributed by atoms with van der Waals surface area (Å²) in [6.07, 6.45) is -6.53. The molecule has 9 rings (SSSR count). The van der Waals surface area contributed by atoms with Crippen LogP contribution in [0, 0.1) is 12.8 Å². The van der Waals surface area contributed by atoms with Crippen molar-refractivity contribution in [3.63, 3.8) is 0 Å². The zero-order valence-corrected chi connectivity index (χ0v) is 48.7. The van der Waals surface area contributed by atoms with Crippen molar-refractivity contribution in [3.05, 3.63) is 153 Å². The Morgan fingerprint density at radius 2 is 1.61 bits per heavy atom. The largest absolute Gasteiger partial charge is 0.507 e. The number of nitrogens with zero attached hydrogens (tertiary/aromatic N) is 3. The van der Waals surface area contributed by atoms with E-state index in [-0.39, 0.29) is 83.5 Å². The number of aliphatic hydroxyl groups excluding tert-OH is 3. The number of ether oxygens (including phenoxy) is 5. The van der Waals surface area contributed by atoms with Crippen LogP contribution in [0.15, 0.2) is 103 Å². The van der Waals surface area contributed by atoms with Gasteiger partial charge in [-0.2, -0.15) is 0 Å². The van der Waals surface area contributed by atoms with E-state index in [1.54, 1.807) is 55.6 Å². The van der Waals surface area contributed by atoms with Crippen molar-refractivity contribution >= 4 is 68.6 Å². The SMILES string of the molecule is CNCCNCc1ccc(C(=O)Nc2ccc(C)c(N(C(=O)OCCSSCCOC(=O)NC3CC(O[C@H]4C[C@H](C(=O)CO)Cc5c(O)c6c(c(O)c54)C(=O)c4c(OC)cccc4C6O)OC(C)C3O)c3nccc(-c4ccccc4)n3)c2)cc1. The molecule has 1 saturated heterocycles. The van der Waals surface area contributed by atoms with Crippen LogP contribution in [-0.2, 0) is 36.7 Å². The van der Waals surface area contributed by atoms with Crippen molar-refractivity contribution in [2.24, 2.45) is 5.92 Å². The van der Waals surface area contributed by atoms with Crippen LogP contribution >= 0.6 is 21.6 Å². The number of Topliss-reactive ketones (excluding diaryl/α,β-unsaturated/α-hetero) is 1.